The summed E-state index contributed by atoms with van der Waals surface area (Å²) in [5, 5.41) is 10.1. The van der Waals surface area contributed by atoms with Gasteiger partial charge in [-0.25, -0.2) is 0 Å². The summed E-state index contributed by atoms with van der Waals surface area (Å²) in [6.45, 7) is 0. The summed E-state index contributed by atoms with van der Waals surface area (Å²) < 4.78 is 2.57. The van der Waals surface area contributed by atoms with Crippen molar-refractivity contribution in [2.45, 2.75) is 0 Å². The Morgan fingerprint density at radius 3 is 1.37 bits per heavy atom. The molecule has 2 heteroatoms. The first-order chi connectivity index (χ1) is 33.7. The Bertz CT molecular complexity index is 3980. The smallest absolute Gasteiger partial charge is 0.0640 e. The highest BCUT2D eigenvalue weighted by atomic mass is 32.1. The van der Waals surface area contributed by atoms with Crippen molar-refractivity contribution in [2.24, 2.45) is 0 Å². The Labute approximate surface area is 400 Å². The Kier molecular flexibility index (Phi) is 9.77. The van der Waals surface area contributed by atoms with Crippen molar-refractivity contribution in [1.82, 2.24) is 0 Å². The van der Waals surface area contributed by atoms with E-state index in [9.17, 15) is 0 Å². The van der Waals surface area contributed by atoms with Crippen LogP contribution in [0.5, 0.6) is 0 Å². The first kappa shape index (κ1) is 39.8. The van der Waals surface area contributed by atoms with Crippen molar-refractivity contribution in [3.63, 3.8) is 0 Å². The molecule has 0 bridgehead atoms. The Morgan fingerprint density at radius 2 is 0.706 bits per heavy atom. The lowest BCUT2D eigenvalue weighted by Gasteiger charge is -2.26. The third-order valence-electron chi connectivity index (χ3n) is 13.7. The molecule has 68 heavy (non-hydrogen) atoms. The third-order valence-corrected chi connectivity index (χ3v) is 14.9. The maximum Gasteiger partial charge on any atom is 0.0640 e. The number of nitrogens with zero attached hydrogens (tertiary/aromatic N) is 1. The molecule has 0 saturated carbocycles. The number of thiophene rings is 1. The van der Waals surface area contributed by atoms with Gasteiger partial charge < -0.3 is 4.90 Å². The normalized spacial score (nSPS) is 11.5. The monoisotopic (exact) mass is 881 g/mol. The summed E-state index contributed by atoms with van der Waals surface area (Å²) in [5.74, 6) is 0. The summed E-state index contributed by atoms with van der Waals surface area (Å²) in [4.78, 5) is 2.43. The zero-order valence-electron chi connectivity index (χ0n) is 37.2. The summed E-state index contributed by atoms with van der Waals surface area (Å²) in [7, 11) is 0. The van der Waals surface area contributed by atoms with Crippen LogP contribution in [0.25, 0.3) is 108 Å². The van der Waals surface area contributed by atoms with E-state index in [4.69, 9.17) is 0 Å². The van der Waals surface area contributed by atoms with Crippen molar-refractivity contribution in [3.05, 3.63) is 261 Å². The highest BCUT2D eigenvalue weighted by Gasteiger charge is 2.21. The average molecular weight is 882 g/mol. The summed E-state index contributed by atoms with van der Waals surface area (Å²) in [6.07, 6.45) is 0. The van der Waals surface area contributed by atoms with Gasteiger partial charge in [-0.15, -0.1) is 11.3 Å². The molecule has 0 atom stereocenters. The fraction of sp³-hybridized carbons (Fsp3) is 0. The van der Waals surface area contributed by atoms with Crippen LogP contribution in [-0.4, -0.2) is 0 Å². The Hall–Kier alpha value is -8.56. The minimum Gasteiger partial charge on any atom is -0.309 e. The molecule has 0 aliphatic carbocycles. The molecular weight excluding hydrogens is 839 g/mol. The molecule has 12 aromatic carbocycles. The van der Waals surface area contributed by atoms with Crippen LogP contribution in [0.4, 0.5) is 17.1 Å². The Balaban J connectivity index is 0.909. The molecular formula is C66H43NS. The van der Waals surface area contributed by atoms with E-state index in [-0.39, 0.29) is 0 Å². The average Bonchev–Trinajstić information content (AvgIpc) is 3.81. The zero-order chi connectivity index (χ0) is 45.0. The molecule has 1 aromatic heterocycles. The van der Waals surface area contributed by atoms with Gasteiger partial charge in [0.05, 0.1) is 10.4 Å². The molecule has 0 fully saturated rings. The fourth-order valence-corrected chi connectivity index (χ4v) is 11.6. The van der Waals surface area contributed by atoms with Crippen molar-refractivity contribution < 1.29 is 0 Å². The van der Waals surface area contributed by atoms with Crippen molar-refractivity contribution in [3.8, 4) is 55.6 Å². The maximum atomic E-state index is 2.43. The van der Waals surface area contributed by atoms with Crippen LogP contribution in [0.2, 0.25) is 0 Å². The molecule has 0 radical (unpaired) electrons. The van der Waals surface area contributed by atoms with Crippen LogP contribution in [0.3, 0.4) is 0 Å². The van der Waals surface area contributed by atoms with E-state index in [0.717, 1.165) is 11.4 Å². The number of rotatable bonds is 8. The maximum absolute atomic E-state index is 2.43. The van der Waals surface area contributed by atoms with E-state index in [1.54, 1.807) is 0 Å². The van der Waals surface area contributed by atoms with Gasteiger partial charge in [0.1, 0.15) is 0 Å². The molecule has 0 spiro atoms. The number of benzene rings is 12. The molecule has 0 saturated heterocycles. The lowest BCUT2D eigenvalue weighted by atomic mass is 9.84. The number of hydrogen-bond acceptors (Lipinski definition) is 2. The predicted molar refractivity (Wildman–Crippen MR) is 294 cm³/mol. The SMILES string of the molecule is c1ccc(-c2c(-c3ccccc3)c3cc(-c4ccc(N(c5ccc(-c6ccc(-c7ccc8ccccc8c7)cc6)cc5)c5cccc6c5sc5ccccc56)cc4)ccc3c3ccccc23)cc1. The number of hydrogen-bond donors (Lipinski definition) is 0. The molecule has 0 amide bonds. The quantitative estimate of drug-likeness (QED) is 0.137. The number of anilines is 3. The second-order valence-electron chi connectivity index (χ2n) is 17.6. The zero-order valence-corrected chi connectivity index (χ0v) is 38.0. The molecule has 0 aliphatic heterocycles. The largest absolute Gasteiger partial charge is 0.309 e. The van der Waals surface area contributed by atoms with Gasteiger partial charge in [-0.3, -0.25) is 0 Å². The van der Waals surface area contributed by atoms with E-state index in [2.05, 4.69) is 266 Å². The minimum absolute atomic E-state index is 1.11. The van der Waals surface area contributed by atoms with E-state index >= 15 is 0 Å². The van der Waals surface area contributed by atoms with Crippen LogP contribution in [0.15, 0.2) is 261 Å². The van der Waals surface area contributed by atoms with Gasteiger partial charge in [-0.1, -0.05) is 212 Å². The lowest BCUT2D eigenvalue weighted by molar-refractivity contribution is 1.30. The molecule has 13 rings (SSSR count). The van der Waals surface area contributed by atoms with E-state index in [0.29, 0.717) is 0 Å². The molecule has 318 valence electrons. The van der Waals surface area contributed by atoms with Crippen LogP contribution in [0, 0.1) is 0 Å². The van der Waals surface area contributed by atoms with Crippen molar-refractivity contribution in [1.29, 1.82) is 0 Å². The molecule has 13 aromatic rings. The molecule has 0 N–H and O–H groups in total. The predicted octanol–water partition coefficient (Wildman–Crippen LogP) is 19.3. The van der Waals surface area contributed by atoms with Gasteiger partial charge in [-0.05, 0) is 136 Å². The van der Waals surface area contributed by atoms with Gasteiger partial charge in [-0.2, -0.15) is 0 Å². The second-order valence-corrected chi connectivity index (χ2v) is 18.7. The van der Waals surface area contributed by atoms with Crippen LogP contribution in [-0.2, 0) is 0 Å². The molecule has 0 aliphatic rings. The fourth-order valence-electron chi connectivity index (χ4n) is 10.3. The first-order valence-corrected chi connectivity index (χ1v) is 24.1. The van der Waals surface area contributed by atoms with E-state index < -0.39 is 0 Å². The minimum atomic E-state index is 1.11. The number of fused-ring (bicyclic) bond motifs is 7. The van der Waals surface area contributed by atoms with Crippen LogP contribution >= 0.6 is 11.3 Å². The van der Waals surface area contributed by atoms with Crippen molar-refractivity contribution in [2.75, 3.05) is 4.90 Å². The van der Waals surface area contributed by atoms with E-state index in [1.165, 1.54) is 114 Å². The van der Waals surface area contributed by atoms with Gasteiger partial charge in [0.25, 0.3) is 0 Å². The van der Waals surface area contributed by atoms with Crippen LogP contribution in [0.1, 0.15) is 0 Å². The molecule has 0 unspecified atom stereocenters. The van der Waals surface area contributed by atoms with Gasteiger partial charge in [0, 0.05) is 26.8 Å². The van der Waals surface area contributed by atoms with Crippen molar-refractivity contribution >= 4 is 80.9 Å². The summed E-state index contributed by atoms with van der Waals surface area (Å²) >= 11 is 1.86. The molecule has 1 nitrogen and oxygen atoms in total. The van der Waals surface area contributed by atoms with E-state index in [1.807, 2.05) is 11.3 Å². The topological polar surface area (TPSA) is 3.24 Å². The summed E-state index contributed by atoms with van der Waals surface area (Å²) in [6, 6.07) is 95.7. The second kappa shape index (κ2) is 16.7. The highest BCUT2D eigenvalue weighted by Crippen LogP contribution is 2.48. The van der Waals surface area contributed by atoms with Gasteiger partial charge in [0.2, 0.25) is 0 Å². The van der Waals surface area contributed by atoms with Gasteiger partial charge in [0.15, 0.2) is 0 Å². The molecule has 1 heterocycles. The van der Waals surface area contributed by atoms with Crippen LogP contribution < -0.4 is 4.90 Å². The highest BCUT2D eigenvalue weighted by molar-refractivity contribution is 7.26. The third kappa shape index (κ3) is 6.93. The lowest BCUT2D eigenvalue weighted by Crippen LogP contribution is -2.10. The summed E-state index contributed by atoms with van der Waals surface area (Å²) in [5.41, 5.74) is 15.5. The van der Waals surface area contributed by atoms with Gasteiger partial charge >= 0.3 is 0 Å². The Morgan fingerprint density at radius 1 is 0.250 bits per heavy atom. The standard InChI is InChI=1S/C66H43NS/c1-3-15-49(16-4-1)64-59-22-10-9-20-56(59)57-41-36-53(43-61(57)65(64)50-17-5-2-6-18-50)48-34-39-55(40-35-48)67(62-24-13-23-60-58-21-11-12-25-63(58)68-66(60)62)54-37-32-46(33-38-54)45-26-28-47(29-27-45)52-31-30-44-14-7-8-19-51(44)42-52/h1-43H. The first-order valence-electron chi connectivity index (χ1n) is 23.3.